The number of hydrogen-bond donors (Lipinski definition) is 0. The smallest absolute Gasteiger partial charge is 0.416 e. The number of pyridine rings is 1. The fourth-order valence-electron chi connectivity index (χ4n) is 6.59. The van der Waals surface area contributed by atoms with Gasteiger partial charge in [0, 0.05) is 48.9 Å². The Morgan fingerprint density at radius 2 is 1.50 bits per heavy atom. The second-order valence-electron chi connectivity index (χ2n) is 12.0. The molecule has 1 amide bonds. The number of hydrogen-bond acceptors (Lipinski definition) is 5. The van der Waals surface area contributed by atoms with Crippen LogP contribution in [0.3, 0.4) is 0 Å². The monoisotopic (exact) mass is 666 g/mol. The summed E-state index contributed by atoms with van der Waals surface area (Å²) in [4.78, 5) is 25.1. The van der Waals surface area contributed by atoms with Crippen molar-refractivity contribution in [2.75, 3.05) is 44.2 Å². The summed E-state index contributed by atoms with van der Waals surface area (Å²) in [5.41, 5.74) is -2.38. The van der Waals surface area contributed by atoms with Gasteiger partial charge in [-0.1, -0.05) is 29.8 Å². The number of aromatic nitrogens is 1. The largest absolute Gasteiger partial charge is 0.492 e. The molecule has 0 aliphatic carbocycles. The number of likely N-dealkylation sites (tertiary alicyclic amines) is 1. The minimum absolute atomic E-state index is 0.0452. The second-order valence-corrected chi connectivity index (χ2v) is 12.4. The number of alkyl halides is 6. The molecule has 46 heavy (non-hydrogen) atoms. The predicted molar refractivity (Wildman–Crippen MR) is 162 cm³/mol. The van der Waals surface area contributed by atoms with Gasteiger partial charge in [-0.3, -0.25) is 4.79 Å². The number of nitrogens with zero attached hydrogens (tertiary/aromatic N) is 4. The van der Waals surface area contributed by atoms with E-state index in [9.17, 15) is 31.1 Å². The van der Waals surface area contributed by atoms with Crippen LogP contribution in [0.25, 0.3) is 11.3 Å². The van der Waals surface area contributed by atoms with Crippen molar-refractivity contribution in [2.45, 2.75) is 57.0 Å². The zero-order valence-electron chi connectivity index (χ0n) is 24.9. The van der Waals surface area contributed by atoms with E-state index in [4.69, 9.17) is 21.3 Å². The molecular formula is C33H33ClF6N4O2. The minimum Gasteiger partial charge on any atom is -0.492 e. The normalized spacial score (nSPS) is 18.7. The number of benzene rings is 2. The predicted octanol–water partition coefficient (Wildman–Crippen LogP) is 7.93. The van der Waals surface area contributed by atoms with Crippen LogP contribution in [0.4, 0.5) is 32.2 Å². The van der Waals surface area contributed by atoms with E-state index in [1.165, 1.54) is 17.7 Å². The van der Waals surface area contributed by atoms with Crippen LogP contribution in [0.15, 0.2) is 48.5 Å². The summed E-state index contributed by atoms with van der Waals surface area (Å²) < 4.78 is 87.6. The van der Waals surface area contributed by atoms with Crippen LogP contribution in [-0.4, -0.2) is 66.1 Å². The number of fused-ring (bicyclic) bond motifs is 1. The first kappa shape index (κ1) is 32.4. The van der Waals surface area contributed by atoms with Crippen LogP contribution in [0, 0.1) is 0 Å². The van der Waals surface area contributed by atoms with Gasteiger partial charge in [0.15, 0.2) is 0 Å². The Hall–Kier alpha value is -3.51. The minimum atomic E-state index is -5.00. The molecule has 0 N–H and O–H groups in total. The van der Waals surface area contributed by atoms with Gasteiger partial charge in [0.1, 0.15) is 17.1 Å². The van der Waals surface area contributed by atoms with Crippen molar-refractivity contribution in [3.8, 4) is 17.0 Å². The van der Waals surface area contributed by atoms with E-state index >= 15 is 0 Å². The highest BCUT2D eigenvalue weighted by atomic mass is 35.5. The number of rotatable bonds is 5. The van der Waals surface area contributed by atoms with Crippen molar-refractivity contribution >= 4 is 23.3 Å². The van der Waals surface area contributed by atoms with Crippen LogP contribution in [0.1, 0.15) is 59.2 Å². The molecule has 0 bridgehead atoms. The Labute approximate surface area is 267 Å². The van der Waals surface area contributed by atoms with E-state index in [2.05, 4.69) is 9.80 Å². The van der Waals surface area contributed by atoms with E-state index in [1.54, 1.807) is 30.3 Å². The first-order valence-electron chi connectivity index (χ1n) is 15.4. The van der Waals surface area contributed by atoms with Crippen LogP contribution < -0.4 is 9.64 Å². The van der Waals surface area contributed by atoms with Gasteiger partial charge in [0.25, 0.3) is 5.91 Å². The molecule has 3 aliphatic rings. The maximum Gasteiger partial charge on any atom is 0.416 e. The van der Waals surface area contributed by atoms with E-state index in [0.717, 1.165) is 39.0 Å². The molecular weight excluding hydrogens is 634 g/mol. The molecule has 0 spiro atoms. The third-order valence-electron chi connectivity index (χ3n) is 8.90. The van der Waals surface area contributed by atoms with Gasteiger partial charge < -0.3 is 19.4 Å². The Morgan fingerprint density at radius 3 is 2.13 bits per heavy atom. The van der Waals surface area contributed by atoms with Crippen LogP contribution >= 0.6 is 11.6 Å². The molecule has 0 radical (unpaired) electrons. The SMILES string of the molecule is O=C1c2c(cc(N3CCC(N4CCCC4)CC3)nc2-c2ccccc2Cl)OCCCN1Cc1cc(C(F)(F)F)cc(C(F)(F)F)c1. The molecule has 0 atom stereocenters. The molecule has 1 aromatic heterocycles. The van der Waals surface area contributed by atoms with Gasteiger partial charge in [-0.05, 0) is 75.0 Å². The van der Waals surface area contributed by atoms with Crippen molar-refractivity contribution in [1.29, 1.82) is 0 Å². The molecule has 6 nitrogen and oxygen atoms in total. The van der Waals surface area contributed by atoms with Gasteiger partial charge in [0.05, 0.1) is 23.4 Å². The van der Waals surface area contributed by atoms with E-state index in [0.29, 0.717) is 41.0 Å². The van der Waals surface area contributed by atoms with Gasteiger partial charge in [0.2, 0.25) is 0 Å². The van der Waals surface area contributed by atoms with Crippen molar-refractivity contribution in [1.82, 2.24) is 14.8 Å². The molecule has 4 heterocycles. The molecule has 246 valence electrons. The fraction of sp³-hybridized carbons (Fsp3) is 0.455. The average molecular weight is 667 g/mol. The third kappa shape index (κ3) is 6.92. The summed E-state index contributed by atoms with van der Waals surface area (Å²) in [6.07, 6.45) is -5.33. The number of anilines is 1. The Morgan fingerprint density at radius 1 is 0.848 bits per heavy atom. The van der Waals surface area contributed by atoms with Gasteiger partial charge >= 0.3 is 12.4 Å². The summed E-state index contributed by atoms with van der Waals surface area (Å²) in [6, 6.07) is 10.5. The standard InChI is InChI=1S/C33H33ClF6N4O2/c34-26-7-2-1-6-25(26)30-29-27(19-28(41-30)43-13-8-24(9-14-43)42-10-3-4-11-42)46-15-5-12-44(31(29)45)20-21-16-22(32(35,36)37)18-23(17-21)33(38,39)40/h1-2,6-7,16-19,24H,3-5,8-15,20H2. The number of halogens is 7. The number of amides is 1. The quantitative estimate of drug-likeness (QED) is 0.259. The first-order chi connectivity index (χ1) is 21.9. The number of piperidine rings is 1. The maximum absolute atomic E-state index is 14.2. The summed E-state index contributed by atoms with van der Waals surface area (Å²) in [6.45, 7) is 3.49. The summed E-state index contributed by atoms with van der Waals surface area (Å²) in [5.74, 6) is 0.236. The third-order valence-corrected chi connectivity index (χ3v) is 9.23. The highest BCUT2D eigenvalue weighted by Gasteiger charge is 2.38. The van der Waals surface area contributed by atoms with E-state index in [-0.39, 0.29) is 41.8 Å². The molecule has 13 heteroatoms. The van der Waals surface area contributed by atoms with Crippen LogP contribution in [0.5, 0.6) is 5.75 Å². The van der Waals surface area contributed by atoms with Gasteiger partial charge in [-0.25, -0.2) is 4.98 Å². The van der Waals surface area contributed by atoms with E-state index in [1.807, 2.05) is 0 Å². The molecule has 0 unspecified atom stereocenters. The van der Waals surface area contributed by atoms with Crippen molar-refractivity contribution < 1.29 is 35.9 Å². The van der Waals surface area contributed by atoms with Gasteiger partial charge in [-0.2, -0.15) is 26.3 Å². The number of carbonyl (C=O) groups excluding carboxylic acids is 1. The van der Waals surface area contributed by atoms with Crippen molar-refractivity contribution in [3.63, 3.8) is 0 Å². The highest BCUT2D eigenvalue weighted by molar-refractivity contribution is 6.33. The first-order valence-corrected chi connectivity index (χ1v) is 15.8. The Balaban J connectivity index is 1.37. The van der Waals surface area contributed by atoms with Gasteiger partial charge in [-0.15, -0.1) is 0 Å². The lowest BCUT2D eigenvalue weighted by atomic mass is 10.0. The fourth-order valence-corrected chi connectivity index (χ4v) is 6.81. The lowest BCUT2D eigenvalue weighted by Crippen LogP contribution is -2.44. The second kappa shape index (κ2) is 12.9. The lowest BCUT2D eigenvalue weighted by molar-refractivity contribution is -0.143. The zero-order valence-corrected chi connectivity index (χ0v) is 25.7. The van der Waals surface area contributed by atoms with E-state index < -0.39 is 35.9 Å². The number of carbonyl (C=O) groups is 1. The molecule has 6 rings (SSSR count). The Kier molecular flexibility index (Phi) is 9.13. The topological polar surface area (TPSA) is 48.9 Å². The van der Waals surface area contributed by atoms with Crippen molar-refractivity contribution in [3.05, 3.63) is 75.8 Å². The van der Waals surface area contributed by atoms with Crippen LogP contribution in [-0.2, 0) is 18.9 Å². The summed E-state index contributed by atoms with van der Waals surface area (Å²) >= 11 is 6.60. The molecule has 3 aliphatic heterocycles. The average Bonchev–Trinajstić information content (AvgIpc) is 3.56. The molecule has 0 saturated carbocycles. The molecule has 3 aromatic rings. The lowest BCUT2D eigenvalue weighted by Gasteiger charge is -2.37. The maximum atomic E-state index is 14.2. The summed E-state index contributed by atoms with van der Waals surface area (Å²) in [5, 5.41) is 0.330. The van der Waals surface area contributed by atoms with Crippen molar-refractivity contribution in [2.24, 2.45) is 0 Å². The number of ether oxygens (including phenoxy) is 1. The summed E-state index contributed by atoms with van der Waals surface area (Å²) in [7, 11) is 0. The zero-order chi connectivity index (χ0) is 32.6. The highest BCUT2D eigenvalue weighted by Crippen LogP contribution is 2.40. The molecule has 2 saturated heterocycles. The van der Waals surface area contributed by atoms with Crippen LogP contribution in [0.2, 0.25) is 5.02 Å². The molecule has 2 aromatic carbocycles. The Bertz CT molecular complexity index is 1550. The molecule has 2 fully saturated rings.